The molecular weight excluding hydrogens is 298 g/mol. The van der Waals surface area contributed by atoms with Crippen molar-refractivity contribution < 1.29 is 14.3 Å². The molecule has 1 N–H and O–H groups in total. The number of rotatable bonds is 8. The number of aryl methyl sites for hydroxylation is 1. The number of hydrogen-bond donors (Lipinski definition) is 1. The lowest BCUT2D eigenvalue weighted by Gasteiger charge is -2.10. The molecule has 0 radical (unpaired) electrons. The van der Waals surface area contributed by atoms with Gasteiger partial charge in [0.1, 0.15) is 0 Å². The highest BCUT2D eigenvalue weighted by Crippen LogP contribution is 2.29. The maximum absolute atomic E-state index is 11.9. The molecular formula is C17H21NO3S. The normalized spacial score (nSPS) is 10.3. The van der Waals surface area contributed by atoms with Crippen LogP contribution in [0.15, 0.2) is 35.7 Å². The summed E-state index contributed by atoms with van der Waals surface area (Å²) in [5.74, 6) is 1.29. The van der Waals surface area contributed by atoms with E-state index in [0.717, 1.165) is 24.9 Å². The van der Waals surface area contributed by atoms with Gasteiger partial charge in [-0.2, -0.15) is 0 Å². The van der Waals surface area contributed by atoms with Gasteiger partial charge >= 0.3 is 0 Å². The van der Waals surface area contributed by atoms with Gasteiger partial charge in [-0.05, 0) is 42.8 Å². The number of unbranched alkanes of at least 4 members (excludes halogenated alkanes) is 1. The molecule has 22 heavy (non-hydrogen) atoms. The number of methoxy groups -OCH3 is 2. The Morgan fingerprint density at radius 1 is 1.14 bits per heavy atom. The molecule has 5 heteroatoms. The number of ether oxygens (including phenoxy) is 2. The molecule has 2 aromatic rings. The lowest BCUT2D eigenvalue weighted by molar-refractivity contribution is -0.116. The Labute approximate surface area is 135 Å². The Hall–Kier alpha value is -2.01. The van der Waals surface area contributed by atoms with Crippen LogP contribution in [0.1, 0.15) is 24.1 Å². The van der Waals surface area contributed by atoms with Crippen LogP contribution in [0.5, 0.6) is 11.5 Å². The van der Waals surface area contributed by atoms with Crippen LogP contribution in [0.2, 0.25) is 0 Å². The first-order valence-electron chi connectivity index (χ1n) is 7.27. The number of carbonyl (C=O) groups is 1. The van der Waals surface area contributed by atoms with Crippen molar-refractivity contribution in [3.05, 3.63) is 40.6 Å². The van der Waals surface area contributed by atoms with Crippen molar-refractivity contribution in [1.82, 2.24) is 0 Å². The SMILES string of the molecule is COc1ccc(NC(=O)CCCCc2cccs2)cc1OC. The van der Waals surface area contributed by atoms with Gasteiger partial charge in [-0.1, -0.05) is 6.07 Å². The highest BCUT2D eigenvalue weighted by atomic mass is 32.1. The summed E-state index contributed by atoms with van der Waals surface area (Å²) in [6.45, 7) is 0. The van der Waals surface area contributed by atoms with Gasteiger partial charge in [-0.3, -0.25) is 4.79 Å². The van der Waals surface area contributed by atoms with E-state index in [9.17, 15) is 4.79 Å². The number of amides is 1. The summed E-state index contributed by atoms with van der Waals surface area (Å²) in [5.41, 5.74) is 0.723. The zero-order valence-corrected chi connectivity index (χ0v) is 13.7. The third-order valence-electron chi connectivity index (χ3n) is 3.32. The molecule has 4 nitrogen and oxygen atoms in total. The Kier molecular flexibility index (Phi) is 6.27. The Balaban J connectivity index is 1.76. The molecule has 0 saturated heterocycles. The Morgan fingerprint density at radius 2 is 1.95 bits per heavy atom. The van der Waals surface area contributed by atoms with Crippen LogP contribution in [0.3, 0.4) is 0 Å². The van der Waals surface area contributed by atoms with Crippen molar-refractivity contribution in [2.24, 2.45) is 0 Å². The summed E-state index contributed by atoms with van der Waals surface area (Å²) in [5, 5.41) is 4.97. The van der Waals surface area contributed by atoms with Crippen molar-refractivity contribution >= 4 is 22.9 Å². The summed E-state index contributed by atoms with van der Waals surface area (Å²) in [4.78, 5) is 13.3. The summed E-state index contributed by atoms with van der Waals surface area (Å²) < 4.78 is 10.4. The van der Waals surface area contributed by atoms with Gasteiger partial charge in [0.25, 0.3) is 0 Å². The molecule has 0 bridgehead atoms. The van der Waals surface area contributed by atoms with Crippen molar-refractivity contribution in [2.45, 2.75) is 25.7 Å². The average Bonchev–Trinajstić information content (AvgIpc) is 3.04. The van der Waals surface area contributed by atoms with Gasteiger partial charge in [0.05, 0.1) is 14.2 Å². The van der Waals surface area contributed by atoms with Crippen molar-refractivity contribution in [1.29, 1.82) is 0 Å². The summed E-state index contributed by atoms with van der Waals surface area (Å²) in [7, 11) is 3.16. The van der Waals surface area contributed by atoms with Crippen LogP contribution in [-0.2, 0) is 11.2 Å². The molecule has 0 aliphatic rings. The highest BCUT2D eigenvalue weighted by molar-refractivity contribution is 7.09. The number of benzene rings is 1. The highest BCUT2D eigenvalue weighted by Gasteiger charge is 2.07. The van der Waals surface area contributed by atoms with E-state index in [0.29, 0.717) is 17.9 Å². The second kappa shape index (κ2) is 8.44. The van der Waals surface area contributed by atoms with E-state index >= 15 is 0 Å². The lowest BCUT2D eigenvalue weighted by Crippen LogP contribution is -2.11. The first-order chi connectivity index (χ1) is 10.7. The maximum atomic E-state index is 11.9. The largest absolute Gasteiger partial charge is 0.493 e. The van der Waals surface area contributed by atoms with Crippen LogP contribution in [0, 0.1) is 0 Å². The molecule has 0 aliphatic carbocycles. The fourth-order valence-corrected chi connectivity index (χ4v) is 2.93. The molecule has 0 spiro atoms. The third-order valence-corrected chi connectivity index (χ3v) is 4.26. The zero-order chi connectivity index (χ0) is 15.8. The van der Waals surface area contributed by atoms with E-state index in [4.69, 9.17) is 9.47 Å². The molecule has 0 saturated carbocycles. The second-order valence-corrected chi connectivity index (χ2v) is 5.94. The molecule has 1 heterocycles. The minimum Gasteiger partial charge on any atom is -0.493 e. The zero-order valence-electron chi connectivity index (χ0n) is 12.9. The molecule has 0 aliphatic heterocycles. The van der Waals surface area contributed by atoms with Gasteiger partial charge in [0.2, 0.25) is 5.91 Å². The average molecular weight is 319 g/mol. The molecule has 1 aromatic carbocycles. The molecule has 1 aromatic heterocycles. The number of thiophene rings is 1. The van der Waals surface area contributed by atoms with Crippen molar-refractivity contribution in [3.8, 4) is 11.5 Å². The second-order valence-electron chi connectivity index (χ2n) is 4.90. The maximum Gasteiger partial charge on any atom is 0.224 e. The predicted octanol–water partition coefficient (Wildman–Crippen LogP) is 4.12. The molecule has 0 unspecified atom stereocenters. The third kappa shape index (κ3) is 4.77. The summed E-state index contributed by atoms with van der Waals surface area (Å²) >= 11 is 1.77. The van der Waals surface area contributed by atoms with E-state index < -0.39 is 0 Å². The topological polar surface area (TPSA) is 47.6 Å². The van der Waals surface area contributed by atoms with Crippen molar-refractivity contribution in [2.75, 3.05) is 19.5 Å². The van der Waals surface area contributed by atoms with Gasteiger partial charge < -0.3 is 14.8 Å². The van der Waals surface area contributed by atoms with Gasteiger partial charge in [0, 0.05) is 23.1 Å². The van der Waals surface area contributed by atoms with Crippen molar-refractivity contribution in [3.63, 3.8) is 0 Å². The van der Waals surface area contributed by atoms with Crippen LogP contribution < -0.4 is 14.8 Å². The van der Waals surface area contributed by atoms with Crippen LogP contribution in [0.4, 0.5) is 5.69 Å². The number of nitrogens with one attached hydrogen (secondary N) is 1. The summed E-state index contributed by atoms with van der Waals surface area (Å²) in [6.07, 6.45) is 3.48. The number of anilines is 1. The predicted molar refractivity (Wildman–Crippen MR) is 90.0 cm³/mol. The van der Waals surface area contributed by atoms with E-state index in [-0.39, 0.29) is 5.91 Å². The number of carbonyl (C=O) groups excluding carboxylic acids is 1. The monoisotopic (exact) mass is 319 g/mol. The fourth-order valence-electron chi connectivity index (χ4n) is 2.18. The fraction of sp³-hybridized carbons (Fsp3) is 0.353. The van der Waals surface area contributed by atoms with Crippen LogP contribution in [-0.4, -0.2) is 20.1 Å². The van der Waals surface area contributed by atoms with E-state index in [2.05, 4.69) is 22.8 Å². The Bertz CT molecular complexity index is 596. The first kappa shape index (κ1) is 16.4. The van der Waals surface area contributed by atoms with Gasteiger partial charge in [0.15, 0.2) is 11.5 Å². The minimum absolute atomic E-state index is 0.0263. The van der Waals surface area contributed by atoms with Gasteiger partial charge in [-0.15, -0.1) is 11.3 Å². The first-order valence-corrected chi connectivity index (χ1v) is 8.15. The lowest BCUT2D eigenvalue weighted by atomic mass is 10.1. The van der Waals surface area contributed by atoms with Crippen LogP contribution in [0.25, 0.3) is 0 Å². The smallest absolute Gasteiger partial charge is 0.224 e. The summed E-state index contributed by atoms with van der Waals surface area (Å²) in [6, 6.07) is 9.55. The molecule has 2 rings (SSSR count). The minimum atomic E-state index is 0.0263. The Morgan fingerprint density at radius 3 is 2.64 bits per heavy atom. The van der Waals surface area contributed by atoms with E-state index in [1.807, 2.05) is 6.07 Å². The quantitative estimate of drug-likeness (QED) is 0.745. The van der Waals surface area contributed by atoms with E-state index in [1.54, 1.807) is 37.7 Å². The van der Waals surface area contributed by atoms with Crippen LogP contribution >= 0.6 is 11.3 Å². The molecule has 1 amide bonds. The molecule has 0 atom stereocenters. The standard InChI is InChI=1S/C17H21NO3S/c1-20-15-10-9-13(12-16(15)21-2)18-17(19)8-4-3-6-14-7-5-11-22-14/h5,7,9-12H,3-4,6,8H2,1-2H3,(H,18,19). The van der Waals surface area contributed by atoms with Gasteiger partial charge in [-0.25, -0.2) is 0 Å². The molecule has 118 valence electrons. The van der Waals surface area contributed by atoms with E-state index in [1.165, 1.54) is 4.88 Å². The number of hydrogen-bond acceptors (Lipinski definition) is 4. The molecule has 0 fully saturated rings.